The SMILES string of the molecule is O=S(=O)(c1ccccc1Cl)N1CCCC(c2nc3ccccc3[nH]2)C1. The van der Waals surface area contributed by atoms with Crippen molar-refractivity contribution in [1.82, 2.24) is 14.3 Å². The van der Waals surface area contributed by atoms with Crippen LogP contribution < -0.4 is 0 Å². The largest absolute Gasteiger partial charge is 0.342 e. The van der Waals surface area contributed by atoms with Gasteiger partial charge in [-0.15, -0.1) is 0 Å². The highest BCUT2D eigenvalue weighted by atomic mass is 35.5. The van der Waals surface area contributed by atoms with Crippen molar-refractivity contribution >= 4 is 32.7 Å². The number of H-pyrrole nitrogens is 1. The van der Waals surface area contributed by atoms with Gasteiger partial charge in [-0.2, -0.15) is 4.31 Å². The van der Waals surface area contributed by atoms with Gasteiger partial charge in [0.05, 0.1) is 16.1 Å². The minimum Gasteiger partial charge on any atom is -0.342 e. The van der Waals surface area contributed by atoms with E-state index in [1.54, 1.807) is 24.3 Å². The summed E-state index contributed by atoms with van der Waals surface area (Å²) in [6, 6.07) is 14.4. The third-order valence-electron chi connectivity index (χ3n) is 4.63. The number of piperidine rings is 1. The number of halogens is 1. The molecule has 0 saturated carbocycles. The molecular weight excluding hydrogens is 358 g/mol. The molecule has 5 nitrogen and oxygen atoms in total. The molecule has 0 amide bonds. The summed E-state index contributed by atoms with van der Waals surface area (Å²) in [5.74, 6) is 0.902. The summed E-state index contributed by atoms with van der Waals surface area (Å²) < 4.78 is 27.5. The molecule has 1 aliphatic rings. The van der Waals surface area contributed by atoms with Crippen LogP contribution in [0.2, 0.25) is 5.02 Å². The zero-order valence-electron chi connectivity index (χ0n) is 13.5. The van der Waals surface area contributed by atoms with Crippen LogP contribution in [0.5, 0.6) is 0 Å². The van der Waals surface area contributed by atoms with Crippen LogP contribution in [0, 0.1) is 0 Å². The first-order valence-electron chi connectivity index (χ1n) is 8.25. The number of para-hydroxylation sites is 2. The maximum absolute atomic E-state index is 13.0. The molecular formula is C18H18ClN3O2S. The fourth-order valence-electron chi connectivity index (χ4n) is 3.34. The zero-order chi connectivity index (χ0) is 17.4. The molecule has 25 heavy (non-hydrogen) atoms. The van der Waals surface area contributed by atoms with Crippen LogP contribution in [-0.4, -0.2) is 35.8 Å². The lowest BCUT2D eigenvalue weighted by Gasteiger charge is -2.31. The molecule has 1 unspecified atom stereocenters. The second kappa shape index (κ2) is 6.44. The quantitative estimate of drug-likeness (QED) is 0.757. The molecule has 1 aliphatic heterocycles. The fraction of sp³-hybridized carbons (Fsp3) is 0.278. The van der Waals surface area contributed by atoms with E-state index in [0.29, 0.717) is 13.1 Å². The molecule has 2 heterocycles. The summed E-state index contributed by atoms with van der Waals surface area (Å²) in [6.07, 6.45) is 1.71. The topological polar surface area (TPSA) is 66.1 Å². The van der Waals surface area contributed by atoms with Crippen LogP contribution in [0.3, 0.4) is 0 Å². The van der Waals surface area contributed by atoms with E-state index < -0.39 is 10.0 Å². The lowest BCUT2D eigenvalue weighted by atomic mass is 9.99. The average molecular weight is 376 g/mol. The number of rotatable bonds is 3. The Labute approximate surface area is 151 Å². The summed E-state index contributed by atoms with van der Waals surface area (Å²) in [5, 5.41) is 0.258. The van der Waals surface area contributed by atoms with E-state index in [-0.39, 0.29) is 15.8 Å². The van der Waals surface area contributed by atoms with Crippen molar-refractivity contribution in [3.63, 3.8) is 0 Å². The minimum absolute atomic E-state index is 0.0541. The summed E-state index contributed by atoms with van der Waals surface area (Å²) in [7, 11) is -3.60. The summed E-state index contributed by atoms with van der Waals surface area (Å²) in [5.41, 5.74) is 1.88. The Bertz CT molecular complexity index is 983. The van der Waals surface area contributed by atoms with Crippen molar-refractivity contribution in [2.24, 2.45) is 0 Å². The number of hydrogen-bond acceptors (Lipinski definition) is 3. The summed E-state index contributed by atoms with van der Waals surface area (Å²) >= 11 is 6.11. The fourth-order valence-corrected chi connectivity index (χ4v) is 5.36. The van der Waals surface area contributed by atoms with Gasteiger partial charge in [0.1, 0.15) is 10.7 Å². The van der Waals surface area contributed by atoms with Crippen LogP contribution >= 0.6 is 11.6 Å². The number of imidazole rings is 1. The van der Waals surface area contributed by atoms with E-state index in [0.717, 1.165) is 29.7 Å². The predicted octanol–water partition coefficient (Wildman–Crippen LogP) is 3.78. The van der Waals surface area contributed by atoms with Crippen LogP contribution in [0.15, 0.2) is 53.4 Å². The number of aromatic nitrogens is 2. The zero-order valence-corrected chi connectivity index (χ0v) is 15.1. The normalized spacial score (nSPS) is 19.3. The summed E-state index contributed by atoms with van der Waals surface area (Å²) in [6.45, 7) is 0.914. The van der Waals surface area contributed by atoms with Gasteiger partial charge in [-0.25, -0.2) is 13.4 Å². The molecule has 1 saturated heterocycles. The maximum atomic E-state index is 13.0. The van der Waals surface area contributed by atoms with Gasteiger partial charge >= 0.3 is 0 Å². The van der Waals surface area contributed by atoms with Gasteiger partial charge in [0.25, 0.3) is 0 Å². The first-order valence-corrected chi connectivity index (χ1v) is 10.1. The smallest absolute Gasteiger partial charge is 0.244 e. The molecule has 3 aromatic rings. The first-order chi connectivity index (χ1) is 12.1. The van der Waals surface area contributed by atoms with E-state index in [9.17, 15) is 8.42 Å². The van der Waals surface area contributed by atoms with E-state index >= 15 is 0 Å². The number of hydrogen-bond donors (Lipinski definition) is 1. The highest BCUT2D eigenvalue weighted by molar-refractivity contribution is 7.89. The van der Waals surface area contributed by atoms with E-state index in [2.05, 4.69) is 9.97 Å². The molecule has 1 atom stereocenters. The number of nitrogens with one attached hydrogen (secondary N) is 1. The first kappa shape index (κ1) is 16.6. The Morgan fingerprint density at radius 2 is 1.88 bits per heavy atom. The van der Waals surface area contributed by atoms with E-state index in [1.807, 2.05) is 24.3 Å². The molecule has 2 aromatic carbocycles. The lowest BCUT2D eigenvalue weighted by molar-refractivity contribution is 0.310. The van der Waals surface area contributed by atoms with Gasteiger partial charge in [0.2, 0.25) is 10.0 Å². The number of sulfonamides is 1. The van der Waals surface area contributed by atoms with Crippen molar-refractivity contribution in [2.75, 3.05) is 13.1 Å². The highest BCUT2D eigenvalue weighted by Crippen LogP contribution is 2.32. The number of nitrogens with zero attached hydrogens (tertiary/aromatic N) is 2. The Balaban J connectivity index is 1.63. The molecule has 1 N–H and O–H groups in total. The predicted molar refractivity (Wildman–Crippen MR) is 98.3 cm³/mol. The average Bonchev–Trinajstić information content (AvgIpc) is 3.06. The van der Waals surface area contributed by atoms with Crippen LogP contribution in [0.4, 0.5) is 0 Å². The number of benzene rings is 2. The van der Waals surface area contributed by atoms with Crippen molar-refractivity contribution in [3.8, 4) is 0 Å². The van der Waals surface area contributed by atoms with Crippen molar-refractivity contribution in [1.29, 1.82) is 0 Å². The molecule has 0 radical (unpaired) electrons. The van der Waals surface area contributed by atoms with E-state index in [4.69, 9.17) is 11.6 Å². The van der Waals surface area contributed by atoms with Crippen molar-refractivity contribution in [3.05, 3.63) is 59.4 Å². The Morgan fingerprint density at radius 3 is 2.68 bits per heavy atom. The minimum atomic E-state index is -3.60. The molecule has 7 heteroatoms. The molecule has 0 bridgehead atoms. The Hall–Kier alpha value is -1.89. The van der Waals surface area contributed by atoms with Gasteiger partial charge in [0.15, 0.2) is 0 Å². The van der Waals surface area contributed by atoms with Gasteiger partial charge in [-0.1, -0.05) is 35.9 Å². The summed E-state index contributed by atoms with van der Waals surface area (Å²) in [4.78, 5) is 8.14. The molecule has 130 valence electrons. The molecule has 1 fully saturated rings. The third-order valence-corrected chi connectivity index (χ3v) is 7.00. The van der Waals surface area contributed by atoms with Crippen molar-refractivity contribution < 1.29 is 8.42 Å². The number of aromatic amines is 1. The number of fused-ring (bicyclic) bond motifs is 1. The molecule has 0 spiro atoms. The Kier molecular flexibility index (Phi) is 4.27. The molecule has 4 rings (SSSR count). The van der Waals surface area contributed by atoms with Crippen LogP contribution in [-0.2, 0) is 10.0 Å². The van der Waals surface area contributed by atoms with Gasteiger partial charge in [-0.3, -0.25) is 0 Å². The third kappa shape index (κ3) is 3.05. The Morgan fingerprint density at radius 1 is 1.12 bits per heavy atom. The van der Waals surface area contributed by atoms with Crippen molar-refractivity contribution in [2.45, 2.75) is 23.7 Å². The monoisotopic (exact) mass is 375 g/mol. The van der Waals surface area contributed by atoms with Gasteiger partial charge in [-0.05, 0) is 37.1 Å². The second-order valence-electron chi connectivity index (χ2n) is 6.27. The van der Waals surface area contributed by atoms with Gasteiger partial charge < -0.3 is 4.98 Å². The standard InChI is InChI=1S/C18H18ClN3O2S/c19-14-7-1-4-10-17(14)25(23,24)22-11-5-6-13(12-22)18-20-15-8-2-3-9-16(15)21-18/h1-4,7-10,13H,5-6,11-12H2,(H,20,21). The molecule has 1 aromatic heterocycles. The molecule has 0 aliphatic carbocycles. The van der Waals surface area contributed by atoms with E-state index in [1.165, 1.54) is 4.31 Å². The second-order valence-corrected chi connectivity index (χ2v) is 8.59. The van der Waals surface area contributed by atoms with Gasteiger partial charge in [0, 0.05) is 19.0 Å². The van der Waals surface area contributed by atoms with Crippen LogP contribution in [0.25, 0.3) is 11.0 Å². The highest BCUT2D eigenvalue weighted by Gasteiger charge is 2.33. The van der Waals surface area contributed by atoms with Crippen LogP contribution in [0.1, 0.15) is 24.6 Å². The maximum Gasteiger partial charge on any atom is 0.244 e. The lowest BCUT2D eigenvalue weighted by Crippen LogP contribution is -2.39.